The lowest BCUT2D eigenvalue weighted by molar-refractivity contribution is -0.385. The van der Waals surface area contributed by atoms with Gasteiger partial charge in [-0.1, -0.05) is 12.1 Å². The smallest absolute Gasteiger partial charge is 0.311 e. The number of nitro benzene ring substituents is 1. The molecule has 0 aliphatic rings. The Labute approximate surface area is 103 Å². The van der Waals surface area contributed by atoms with Crippen molar-refractivity contribution in [1.82, 2.24) is 9.97 Å². The van der Waals surface area contributed by atoms with E-state index in [0.29, 0.717) is 5.82 Å². The fourth-order valence-electron chi connectivity index (χ4n) is 1.32. The summed E-state index contributed by atoms with van der Waals surface area (Å²) in [7, 11) is 1.69. The molecule has 92 valence electrons. The van der Waals surface area contributed by atoms with Crippen LogP contribution < -0.4 is 10.1 Å². The zero-order chi connectivity index (χ0) is 13.0. The van der Waals surface area contributed by atoms with Crippen molar-refractivity contribution in [2.45, 2.75) is 0 Å². The van der Waals surface area contributed by atoms with Crippen molar-refractivity contribution in [3.05, 3.63) is 46.8 Å². The summed E-state index contributed by atoms with van der Waals surface area (Å²) in [6, 6.07) is 6.09. The Balaban J connectivity index is 2.31. The van der Waals surface area contributed by atoms with Gasteiger partial charge < -0.3 is 10.1 Å². The molecule has 0 unspecified atom stereocenters. The van der Waals surface area contributed by atoms with Crippen molar-refractivity contribution >= 4 is 11.5 Å². The summed E-state index contributed by atoms with van der Waals surface area (Å²) in [4.78, 5) is 18.3. The van der Waals surface area contributed by atoms with Gasteiger partial charge in [0.05, 0.1) is 17.3 Å². The van der Waals surface area contributed by atoms with E-state index >= 15 is 0 Å². The van der Waals surface area contributed by atoms with Gasteiger partial charge >= 0.3 is 5.69 Å². The molecule has 0 fully saturated rings. The Bertz CT molecular complexity index is 574. The molecule has 0 saturated heterocycles. The van der Waals surface area contributed by atoms with Crippen molar-refractivity contribution < 1.29 is 9.66 Å². The first-order valence-corrected chi connectivity index (χ1v) is 5.12. The van der Waals surface area contributed by atoms with Crippen molar-refractivity contribution in [1.29, 1.82) is 0 Å². The predicted molar refractivity (Wildman–Crippen MR) is 64.7 cm³/mol. The topological polar surface area (TPSA) is 90.2 Å². The van der Waals surface area contributed by atoms with Gasteiger partial charge in [-0.3, -0.25) is 15.1 Å². The fourth-order valence-corrected chi connectivity index (χ4v) is 1.32. The second-order valence-electron chi connectivity index (χ2n) is 3.32. The third-order valence-corrected chi connectivity index (χ3v) is 2.15. The fraction of sp³-hybridized carbons (Fsp3) is 0.0909. The molecule has 1 N–H and O–H groups in total. The second-order valence-corrected chi connectivity index (χ2v) is 3.32. The monoisotopic (exact) mass is 246 g/mol. The number of hydrogen-bond acceptors (Lipinski definition) is 6. The van der Waals surface area contributed by atoms with Gasteiger partial charge in [0.25, 0.3) is 0 Å². The van der Waals surface area contributed by atoms with Crippen molar-refractivity contribution in [2.24, 2.45) is 0 Å². The quantitative estimate of drug-likeness (QED) is 0.657. The van der Waals surface area contributed by atoms with Gasteiger partial charge in [-0.15, -0.1) is 0 Å². The molecule has 0 saturated carbocycles. The SMILES string of the molecule is CNc1cncc(Oc2ccccc2[N+](=O)[O-])n1. The highest BCUT2D eigenvalue weighted by molar-refractivity contribution is 5.47. The lowest BCUT2D eigenvalue weighted by atomic mass is 10.3. The van der Waals surface area contributed by atoms with E-state index in [4.69, 9.17) is 4.74 Å². The highest BCUT2D eigenvalue weighted by Gasteiger charge is 2.15. The van der Waals surface area contributed by atoms with E-state index in [-0.39, 0.29) is 17.3 Å². The first-order valence-electron chi connectivity index (χ1n) is 5.12. The van der Waals surface area contributed by atoms with E-state index in [1.165, 1.54) is 24.5 Å². The third kappa shape index (κ3) is 2.51. The normalized spacial score (nSPS) is 9.83. The molecule has 18 heavy (non-hydrogen) atoms. The minimum atomic E-state index is -0.509. The average molecular weight is 246 g/mol. The summed E-state index contributed by atoms with van der Waals surface area (Å²) in [6.45, 7) is 0. The minimum absolute atomic E-state index is 0.117. The van der Waals surface area contributed by atoms with Crippen molar-refractivity contribution in [3.63, 3.8) is 0 Å². The minimum Gasteiger partial charge on any atom is -0.430 e. The molecule has 1 heterocycles. The Hall–Kier alpha value is -2.70. The Morgan fingerprint density at radius 2 is 2.11 bits per heavy atom. The van der Waals surface area contributed by atoms with Gasteiger partial charge in [0.1, 0.15) is 5.82 Å². The van der Waals surface area contributed by atoms with Gasteiger partial charge in [-0.25, -0.2) is 0 Å². The van der Waals surface area contributed by atoms with Crippen LogP contribution in [0.1, 0.15) is 0 Å². The number of anilines is 1. The number of nitro groups is 1. The summed E-state index contributed by atoms with van der Waals surface area (Å²) < 4.78 is 5.36. The van der Waals surface area contributed by atoms with Gasteiger partial charge in [0.15, 0.2) is 0 Å². The Morgan fingerprint density at radius 1 is 1.33 bits per heavy atom. The third-order valence-electron chi connectivity index (χ3n) is 2.15. The molecule has 2 aromatic rings. The Morgan fingerprint density at radius 3 is 2.83 bits per heavy atom. The van der Waals surface area contributed by atoms with E-state index in [0.717, 1.165) is 0 Å². The molecule has 1 aromatic heterocycles. The molecule has 1 aromatic carbocycles. The molecular weight excluding hydrogens is 236 g/mol. The van der Waals surface area contributed by atoms with Crippen LogP contribution in [0.25, 0.3) is 0 Å². The maximum Gasteiger partial charge on any atom is 0.311 e. The standard InChI is InChI=1S/C11H10N4O3/c1-12-10-6-13-7-11(14-10)18-9-5-3-2-4-8(9)15(16)17/h2-7H,1H3,(H,12,14). The molecular formula is C11H10N4O3. The highest BCUT2D eigenvalue weighted by Crippen LogP contribution is 2.29. The predicted octanol–water partition coefficient (Wildman–Crippen LogP) is 2.22. The lowest BCUT2D eigenvalue weighted by Crippen LogP contribution is -1.97. The van der Waals surface area contributed by atoms with E-state index in [9.17, 15) is 10.1 Å². The first kappa shape index (κ1) is 11.8. The summed E-state index contributed by atoms with van der Waals surface area (Å²) >= 11 is 0. The first-order chi connectivity index (χ1) is 8.70. The summed E-state index contributed by atoms with van der Waals surface area (Å²) in [5, 5.41) is 13.6. The summed E-state index contributed by atoms with van der Waals surface area (Å²) in [5.74, 6) is 0.840. The van der Waals surface area contributed by atoms with Gasteiger partial charge in [0, 0.05) is 13.1 Å². The van der Waals surface area contributed by atoms with Crippen LogP contribution in [-0.2, 0) is 0 Å². The van der Waals surface area contributed by atoms with Gasteiger partial charge in [-0.2, -0.15) is 4.98 Å². The van der Waals surface area contributed by atoms with Crippen LogP contribution in [0, 0.1) is 10.1 Å². The number of para-hydroxylation sites is 2. The zero-order valence-electron chi connectivity index (χ0n) is 9.53. The van der Waals surface area contributed by atoms with Crippen LogP contribution in [0.5, 0.6) is 11.6 Å². The van der Waals surface area contributed by atoms with Crippen LogP contribution in [0.4, 0.5) is 11.5 Å². The van der Waals surface area contributed by atoms with Crippen LogP contribution in [0.15, 0.2) is 36.7 Å². The molecule has 7 nitrogen and oxygen atoms in total. The summed E-state index contributed by atoms with van der Waals surface area (Å²) in [5.41, 5.74) is -0.117. The molecule has 0 aliphatic carbocycles. The van der Waals surface area contributed by atoms with Crippen LogP contribution in [-0.4, -0.2) is 21.9 Å². The Kier molecular flexibility index (Phi) is 3.33. The van der Waals surface area contributed by atoms with Crippen LogP contribution in [0.2, 0.25) is 0 Å². The lowest BCUT2D eigenvalue weighted by Gasteiger charge is -2.05. The number of aromatic nitrogens is 2. The molecule has 0 radical (unpaired) electrons. The van der Waals surface area contributed by atoms with Crippen LogP contribution >= 0.6 is 0 Å². The number of hydrogen-bond donors (Lipinski definition) is 1. The number of benzene rings is 1. The number of ether oxygens (including phenoxy) is 1. The maximum absolute atomic E-state index is 10.8. The maximum atomic E-state index is 10.8. The number of nitrogens with one attached hydrogen (secondary N) is 1. The molecule has 0 spiro atoms. The molecule has 7 heteroatoms. The zero-order valence-corrected chi connectivity index (χ0v) is 9.53. The molecule has 2 rings (SSSR count). The van der Waals surface area contributed by atoms with Crippen LogP contribution in [0.3, 0.4) is 0 Å². The highest BCUT2D eigenvalue weighted by atomic mass is 16.6. The largest absolute Gasteiger partial charge is 0.430 e. The van der Waals surface area contributed by atoms with Gasteiger partial charge in [0.2, 0.25) is 11.6 Å². The molecule has 0 amide bonds. The van der Waals surface area contributed by atoms with E-state index in [1.807, 2.05) is 0 Å². The summed E-state index contributed by atoms with van der Waals surface area (Å²) in [6.07, 6.45) is 2.91. The molecule has 0 bridgehead atoms. The molecule has 0 aliphatic heterocycles. The van der Waals surface area contributed by atoms with Crippen molar-refractivity contribution in [3.8, 4) is 11.6 Å². The number of rotatable bonds is 4. The average Bonchev–Trinajstić information content (AvgIpc) is 2.39. The van der Waals surface area contributed by atoms with E-state index in [1.54, 1.807) is 19.2 Å². The van der Waals surface area contributed by atoms with Crippen molar-refractivity contribution in [2.75, 3.05) is 12.4 Å². The second kappa shape index (κ2) is 5.09. The number of nitrogens with zero attached hydrogens (tertiary/aromatic N) is 3. The van der Waals surface area contributed by atoms with Gasteiger partial charge in [-0.05, 0) is 6.07 Å². The van der Waals surface area contributed by atoms with E-state index < -0.39 is 4.92 Å². The van der Waals surface area contributed by atoms with E-state index in [2.05, 4.69) is 15.3 Å². The molecule has 0 atom stereocenters.